The van der Waals surface area contributed by atoms with E-state index in [0.717, 1.165) is 30.8 Å². The van der Waals surface area contributed by atoms with E-state index in [1.807, 2.05) is 6.20 Å². The predicted octanol–water partition coefficient (Wildman–Crippen LogP) is 1.83. The van der Waals surface area contributed by atoms with Gasteiger partial charge in [-0.2, -0.15) is 4.98 Å². The molecule has 0 aliphatic heterocycles. The average Bonchev–Trinajstić information content (AvgIpc) is 2.98. The summed E-state index contributed by atoms with van der Waals surface area (Å²) in [6, 6.07) is 0. The Bertz CT molecular complexity index is 481. The largest absolute Gasteiger partial charge is 0.337 e. The van der Waals surface area contributed by atoms with Gasteiger partial charge < -0.3 is 4.52 Å². The van der Waals surface area contributed by atoms with E-state index in [1.165, 1.54) is 0 Å². The molecule has 6 nitrogen and oxygen atoms in total. The van der Waals surface area contributed by atoms with Crippen LogP contribution in [0.5, 0.6) is 0 Å². The molecule has 2 aromatic heterocycles. The molecule has 0 saturated carbocycles. The Labute approximate surface area is 110 Å². The zero-order chi connectivity index (χ0) is 12.8. The quantitative estimate of drug-likeness (QED) is 0.717. The molecule has 18 heavy (non-hydrogen) atoms. The van der Waals surface area contributed by atoms with Gasteiger partial charge in [0, 0.05) is 24.9 Å². The van der Waals surface area contributed by atoms with Crippen molar-refractivity contribution in [2.45, 2.75) is 39.2 Å². The van der Waals surface area contributed by atoms with Crippen LogP contribution in [0.25, 0.3) is 0 Å². The number of aromatic nitrogens is 5. The molecule has 0 N–H and O–H groups in total. The van der Waals surface area contributed by atoms with Gasteiger partial charge in [0.1, 0.15) is 6.54 Å². The smallest absolute Gasteiger partial charge is 0.248 e. The molecule has 2 aromatic rings. The van der Waals surface area contributed by atoms with Gasteiger partial charge >= 0.3 is 0 Å². The second-order valence-electron chi connectivity index (χ2n) is 4.05. The molecule has 0 unspecified atom stereocenters. The number of hydrogen-bond donors (Lipinski definition) is 0. The van der Waals surface area contributed by atoms with Crippen molar-refractivity contribution in [3.8, 4) is 0 Å². The number of alkyl halides is 1. The van der Waals surface area contributed by atoms with Gasteiger partial charge in [-0.05, 0) is 6.42 Å². The molecular formula is C11H16ClN5O. The van der Waals surface area contributed by atoms with Gasteiger partial charge in [-0.1, -0.05) is 23.7 Å². The lowest BCUT2D eigenvalue weighted by Crippen LogP contribution is -2.01. The van der Waals surface area contributed by atoms with Crippen molar-refractivity contribution in [3.63, 3.8) is 0 Å². The van der Waals surface area contributed by atoms with Crippen LogP contribution in [-0.2, 0) is 19.4 Å². The summed E-state index contributed by atoms with van der Waals surface area (Å²) in [7, 11) is 0. The van der Waals surface area contributed by atoms with Gasteiger partial charge in [-0.15, -0.1) is 16.7 Å². The molecule has 7 heteroatoms. The van der Waals surface area contributed by atoms with E-state index in [9.17, 15) is 0 Å². The molecular weight excluding hydrogens is 254 g/mol. The summed E-state index contributed by atoms with van der Waals surface area (Å²) in [5.74, 6) is 1.86. The lowest BCUT2D eigenvalue weighted by atomic mass is 10.2. The molecule has 0 fully saturated rings. The summed E-state index contributed by atoms with van der Waals surface area (Å²) in [6.45, 7) is 2.59. The molecule has 0 aliphatic rings. The highest BCUT2D eigenvalue weighted by Gasteiger charge is 2.08. The Morgan fingerprint density at radius 2 is 2.28 bits per heavy atom. The first-order chi connectivity index (χ1) is 8.81. The van der Waals surface area contributed by atoms with Gasteiger partial charge in [0.25, 0.3) is 0 Å². The van der Waals surface area contributed by atoms with Crippen LogP contribution in [0, 0.1) is 0 Å². The van der Waals surface area contributed by atoms with Crippen LogP contribution in [0.1, 0.15) is 37.2 Å². The third kappa shape index (κ3) is 3.53. The summed E-state index contributed by atoms with van der Waals surface area (Å²) in [5.41, 5.74) is 0.871. The predicted molar refractivity (Wildman–Crippen MR) is 66.5 cm³/mol. The van der Waals surface area contributed by atoms with Crippen molar-refractivity contribution < 1.29 is 4.52 Å². The van der Waals surface area contributed by atoms with Crippen molar-refractivity contribution in [2.24, 2.45) is 0 Å². The number of halogens is 1. The summed E-state index contributed by atoms with van der Waals surface area (Å²) < 4.78 is 6.84. The molecule has 2 heterocycles. The Kier molecular flexibility index (Phi) is 4.69. The third-order valence-electron chi connectivity index (χ3n) is 2.50. The standard InChI is InChI=1S/C11H16ClN5O/c1-2-3-4-10-13-11(18-15-10)8-17-7-9(5-6-12)14-16-17/h7H,2-6,8H2,1H3. The molecule has 98 valence electrons. The number of unbranched alkanes of at least 4 members (excludes halogenated alkanes) is 1. The topological polar surface area (TPSA) is 69.6 Å². The van der Waals surface area contributed by atoms with Crippen molar-refractivity contribution in [1.29, 1.82) is 0 Å². The Morgan fingerprint density at radius 1 is 1.39 bits per heavy atom. The Morgan fingerprint density at radius 3 is 3.06 bits per heavy atom. The maximum Gasteiger partial charge on any atom is 0.248 e. The molecule has 0 aliphatic carbocycles. The number of hydrogen-bond acceptors (Lipinski definition) is 5. The van der Waals surface area contributed by atoms with Gasteiger partial charge in [-0.25, -0.2) is 4.68 Å². The molecule has 0 atom stereocenters. The highest BCUT2D eigenvalue weighted by Crippen LogP contribution is 2.04. The minimum absolute atomic E-state index is 0.453. The first kappa shape index (κ1) is 13.0. The molecule has 0 aromatic carbocycles. The highest BCUT2D eigenvalue weighted by molar-refractivity contribution is 6.17. The first-order valence-corrected chi connectivity index (χ1v) is 6.61. The maximum atomic E-state index is 5.64. The normalized spacial score (nSPS) is 11.0. The van der Waals surface area contributed by atoms with Crippen LogP contribution in [-0.4, -0.2) is 31.0 Å². The zero-order valence-electron chi connectivity index (χ0n) is 10.3. The molecule has 0 bridgehead atoms. The van der Waals surface area contributed by atoms with E-state index < -0.39 is 0 Å². The fourth-order valence-corrected chi connectivity index (χ4v) is 1.75. The van der Waals surface area contributed by atoms with Crippen LogP contribution in [0.3, 0.4) is 0 Å². The van der Waals surface area contributed by atoms with Gasteiger partial charge in [-0.3, -0.25) is 0 Å². The highest BCUT2D eigenvalue weighted by atomic mass is 35.5. The van der Waals surface area contributed by atoms with Gasteiger partial charge in [0.05, 0.1) is 5.69 Å². The lowest BCUT2D eigenvalue weighted by Gasteiger charge is -1.92. The fraction of sp³-hybridized carbons (Fsp3) is 0.636. The number of rotatable bonds is 7. The summed E-state index contributed by atoms with van der Waals surface area (Å²) in [6.07, 6.45) is 5.61. The Hall–Kier alpha value is -1.43. The van der Waals surface area contributed by atoms with E-state index in [0.29, 0.717) is 24.7 Å². The van der Waals surface area contributed by atoms with E-state index in [-0.39, 0.29) is 0 Å². The number of nitrogens with zero attached hydrogens (tertiary/aromatic N) is 5. The van der Waals surface area contributed by atoms with Crippen LogP contribution in [0.4, 0.5) is 0 Å². The van der Waals surface area contributed by atoms with E-state index in [4.69, 9.17) is 16.1 Å². The average molecular weight is 270 g/mol. The van der Waals surface area contributed by atoms with Crippen LogP contribution in [0.2, 0.25) is 0 Å². The minimum atomic E-state index is 0.453. The van der Waals surface area contributed by atoms with E-state index in [2.05, 4.69) is 27.4 Å². The van der Waals surface area contributed by atoms with E-state index in [1.54, 1.807) is 4.68 Å². The van der Waals surface area contributed by atoms with E-state index >= 15 is 0 Å². The molecule has 2 rings (SSSR count). The summed E-state index contributed by atoms with van der Waals surface area (Å²) >= 11 is 5.64. The molecule has 0 spiro atoms. The minimum Gasteiger partial charge on any atom is -0.337 e. The fourth-order valence-electron chi connectivity index (χ4n) is 1.56. The maximum absolute atomic E-state index is 5.64. The van der Waals surface area contributed by atoms with Gasteiger partial charge in [0.2, 0.25) is 5.89 Å². The van der Waals surface area contributed by atoms with Crippen molar-refractivity contribution in [1.82, 2.24) is 25.1 Å². The summed E-state index contributed by atoms with van der Waals surface area (Å²) in [5, 5.41) is 11.9. The zero-order valence-corrected chi connectivity index (χ0v) is 11.1. The van der Waals surface area contributed by atoms with Crippen molar-refractivity contribution in [2.75, 3.05) is 5.88 Å². The van der Waals surface area contributed by atoms with Crippen LogP contribution < -0.4 is 0 Å². The van der Waals surface area contributed by atoms with Crippen LogP contribution >= 0.6 is 11.6 Å². The second-order valence-corrected chi connectivity index (χ2v) is 4.43. The number of aryl methyl sites for hydroxylation is 2. The lowest BCUT2D eigenvalue weighted by molar-refractivity contribution is 0.359. The summed E-state index contributed by atoms with van der Waals surface area (Å²) in [4.78, 5) is 4.31. The Balaban J connectivity index is 1.93. The molecule has 0 amide bonds. The third-order valence-corrected chi connectivity index (χ3v) is 2.69. The van der Waals surface area contributed by atoms with Crippen molar-refractivity contribution in [3.05, 3.63) is 23.6 Å². The second kappa shape index (κ2) is 6.49. The molecule has 0 saturated heterocycles. The van der Waals surface area contributed by atoms with Crippen molar-refractivity contribution >= 4 is 11.6 Å². The van der Waals surface area contributed by atoms with Gasteiger partial charge in [0.15, 0.2) is 5.82 Å². The SMILES string of the molecule is CCCCc1noc(Cn2cc(CCCl)nn2)n1. The van der Waals surface area contributed by atoms with Crippen LogP contribution in [0.15, 0.2) is 10.7 Å². The first-order valence-electron chi connectivity index (χ1n) is 6.08. The monoisotopic (exact) mass is 269 g/mol. The molecule has 0 radical (unpaired) electrons.